The second kappa shape index (κ2) is 12.0. The summed E-state index contributed by atoms with van der Waals surface area (Å²) in [5.41, 5.74) is 3.49. The molecule has 1 amide bonds. The number of benzene rings is 2. The zero-order valence-corrected chi connectivity index (χ0v) is 22.9. The van der Waals surface area contributed by atoms with Gasteiger partial charge < -0.3 is 15.0 Å². The molecule has 39 heavy (non-hydrogen) atoms. The minimum Gasteiger partial charge on any atom is -0.462 e. The topological polar surface area (TPSA) is 102 Å². The molecule has 9 heteroatoms. The van der Waals surface area contributed by atoms with Crippen LogP contribution in [-0.4, -0.2) is 36.5 Å². The molecule has 1 aromatic heterocycles. The van der Waals surface area contributed by atoms with Gasteiger partial charge in [-0.1, -0.05) is 30.3 Å². The molecular formula is C30H33N3O5S. The fraction of sp³-hybridized carbons (Fsp3) is 0.400. The lowest BCUT2D eigenvalue weighted by Gasteiger charge is -2.34. The number of hydrogen-bond donors (Lipinski definition) is 1. The number of hydrogen-bond acceptors (Lipinski definition) is 7. The van der Waals surface area contributed by atoms with Crippen LogP contribution >= 0.6 is 11.3 Å². The number of thiophene rings is 1. The van der Waals surface area contributed by atoms with E-state index in [2.05, 4.69) is 34.5 Å². The first kappa shape index (κ1) is 26.9. The predicted octanol–water partition coefficient (Wildman–Crippen LogP) is 6.42. The van der Waals surface area contributed by atoms with E-state index in [1.807, 2.05) is 6.07 Å². The van der Waals surface area contributed by atoms with E-state index < -0.39 is 16.8 Å². The van der Waals surface area contributed by atoms with Crippen molar-refractivity contribution < 1.29 is 19.2 Å². The van der Waals surface area contributed by atoms with Gasteiger partial charge in [-0.15, -0.1) is 11.3 Å². The van der Waals surface area contributed by atoms with Crippen LogP contribution in [0.4, 0.5) is 16.4 Å². The Kier molecular flexibility index (Phi) is 8.26. The van der Waals surface area contributed by atoms with Crippen LogP contribution in [0.25, 0.3) is 0 Å². The van der Waals surface area contributed by atoms with Crippen molar-refractivity contribution >= 4 is 39.6 Å². The quantitative estimate of drug-likeness (QED) is 0.198. The number of carbonyl (C=O) groups excluding carboxylic acids is 2. The first-order valence-electron chi connectivity index (χ1n) is 13.6. The summed E-state index contributed by atoms with van der Waals surface area (Å²) in [6, 6.07) is 14.9. The van der Waals surface area contributed by atoms with Crippen LogP contribution in [0.2, 0.25) is 0 Å². The number of nitro groups is 1. The van der Waals surface area contributed by atoms with Gasteiger partial charge in [0.15, 0.2) is 0 Å². The Hall–Kier alpha value is -3.72. The fourth-order valence-electron chi connectivity index (χ4n) is 5.66. The predicted molar refractivity (Wildman–Crippen MR) is 153 cm³/mol. The minimum absolute atomic E-state index is 0.140. The summed E-state index contributed by atoms with van der Waals surface area (Å²) in [5, 5.41) is 15.0. The summed E-state index contributed by atoms with van der Waals surface area (Å²) < 4.78 is 5.32. The van der Waals surface area contributed by atoms with E-state index >= 15 is 0 Å². The van der Waals surface area contributed by atoms with E-state index in [1.165, 1.54) is 29.0 Å². The summed E-state index contributed by atoms with van der Waals surface area (Å²) in [6.07, 6.45) is 6.62. The highest BCUT2D eigenvalue weighted by atomic mass is 32.1. The van der Waals surface area contributed by atoms with E-state index in [-0.39, 0.29) is 17.9 Å². The van der Waals surface area contributed by atoms with Crippen LogP contribution in [0.15, 0.2) is 48.5 Å². The largest absolute Gasteiger partial charge is 0.462 e. The van der Waals surface area contributed by atoms with Gasteiger partial charge in [0.25, 0.3) is 11.6 Å². The van der Waals surface area contributed by atoms with Gasteiger partial charge in [0.2, 0.25) is 0 Å². The molecule has 5 rings (SSSR count). The molecule has 1 aliphatic carbocycles. The number of esters is 1. The lowest BCUT2D eigenvalue weighted by atomic mass is 9.89. The Bertz CT molecular complexity index is 1360. The molecule has 0 radical (unpaired) electrons. The van der Waals surface area contributed by atoms with Gasteiger partial charge in [-0.25, -0.2) is 4.79 Å². The average Bonchev–Trinajstić information content (AvgIpc) is 3.31. The molecule has 2 heterocycles. The Morgan fingerprint density at radius 3 is 2.56 bits per heavy atom. The summed E-state index contributed by atoms with van der Waals surface area (Å²) in [7, 11) is 0. The van der Waals surface area contributed by atoms with Gasteiger partial charge in [0.1, 0.15) is 5.00 Å². The molecule has 0 spiro atoms. The molecule has 1 N–H and O–H groups in total. The zero-order valence-electron chi connectivity index (χ0n) is 22.1. The van der Waals surface area contributed by atoms with E-state index in [0.29, 0.717) is 22.2 Å². The Labute approximate surface area is 232 Å². The maximum Gasteiger partial charge on any atom is 0.341 e. The number of ether oxygens (including phenoxy) is 1. The maximum absolute atomic E-state index is 13.7. The van der Waals surface area contributed by atoms with Crippen LogP contribution in [-0.2, 0) is 24.0 Å². The number of fused-ring (bicyclic) bond motifs is 1. The van der Waals surface area contributed by atoms with Crippen LogP contribution in [0.3, 0.4) is 0 Å². The van der Waals surface area contributed by atoms with Gasteiger partial charge in [0.05, 0.1) is 28.3 Å². The second-order valence-corrected chi connectivity index (χ2v) is 11.3. The fourth-order valence-corrected chi connectivity index (χ4v) is 6.94. The Morgan fingerprint density at radius 1 is 1.10 bits per heavy atom. The maximum atomic E-state index is 13.7. The number of carbonyl (C=O) groups is 2. The SMILES string of the molecule is CCOC(=O)c1c(NC(=O)c2cc([N+](=O)[O-])ccc2N2CCC(Cc3ccccc3)CC2)sc2c1CCCC2. The first-order chi connectivity index (χ1) is 18.9. The van der Waals surface area contributed by atoms with Crippen LogP contribution in [0.1, 0.15) is 69.3 Å². The second-order valence-electron chi connectivity index (χ2n) is 10.2. The van der Waals surface area contributed by atoms with E-state index in [1.54, 1.807) is 13.0 Å². The van der Waals surface area contributed by atoms with Crippen LogP contribution in [0.5, 0.6) is 0 Å². The molecule has 204 valence electrons. The number of nitrogens with zero attached hydrogens (tertiary/aromatic N) is 2. The number of anilines is 2. The summed E-state index contributed by atoms with van der Waals surface area (Å²) in [5.74, 6) is -0.347. The lowest BCUT2D eigenvalue weighted by Crippen LogP contribution is -2.35. The van der Waals surface area contributed by atoms with Gasteiger partial charge in [-0.3, -0.25) is 14.9 Å². The standard InChI is InChI=1S/C30H33N3O5S/c1-2-38-30(35)27-23-10-6-7-11-26(23)39-29(27)31-28(34)24-19-22(33(36)37)12-13-25(24)32-16-14-21(15-17-32)18-20-8-4-3-5-9-20/h3-5,8-9,12-13,19,21H,2,6-7,10-11,14-18H2,1H3,(H,31,34). The molecular weight excluding hydrogens is 514 g/mol. The van der Waals surface area contributed by atoms with E-state index in [0.717, 1.165) is 68.5 Å². The molecule has 1 aliphatic heterocycles. The average molecular weight is 548 g/mol. The zero-order chi connectivity index (χ0) is 27.4. The number of non-ortho nitro benzene ring substituents is 1. The molecule has 2 aliphatic rings. The molecule has 0 atom stereocenters. The molecule has 0 bridgehead atoms. The number of nitro benzene ring substituents is 1. The van der Waals surface area contributed by atoms with Crippen molar-refractivity contribution in [1.82, 2.24) is 0 Å². The molecule has 2 aromatic carbocycles. The van der Waals surface area contributed by atoms with Gasteiger partial charge in [-0.05, 0) is 75.0 Å². The van der Waals surface area contributed by atoms with Crippen molar-refractivity contribution in [3.8, 4) is 0 Å². The third-order valence-electron chi connectivity index (χ3n) is 7.64. The smallest absolute Gasteiger partial charge is 0.341 e. The minimum atomic E-state index is -0.486. The van der Waals surface area contributed by atoms with Crippen LogP contribution < -0.4 is 10.2 Å². The van der Waals surface area contributed by atoms with Crippen molar-refractivity contribution in [2.75, 3.05) is 29.9 Å². The molecule has 0 saturated carbocycles. The van der Waals surface area contributed by atoms with Crippen molar-refractivity contribution in [3.05, 3.63) is 85.8 Å². The van der Waals surface area contributed by atoms with Crippen molar-refractivity contribution in [2.24, 2.45) is 5.92 Å². The van der Waals surface area contributed by atoms with E-state index in [9.17, 15) is 19.7 Å². The molecule has 3 aromatic rings. The van der Waals surface area contributed by atoms with Crippen molar-refractivity contribution in [2.45, 2.75) is 51.9 Å². The normalized spacial score (nSPS) is 15.5. The van der Waals surface area contributed by atoms with Crippen molar-refractivity contribution in [1.29, 1.82) is 0 Å². The number of rotatable bonds is 8. The van der Waals surface area contributed by atoms with E-state index in [4.69, 9.17) is 4.74 Å². The Balaban J connectivity index is 1.39. The molecule has 8 nitrogen and oxygen atoms in total. The summed E-state index contributed by atoms with van der Waals surface area (Å²) in [6.45, 7) is 3.52. The lowest BCUT2D eigenvalue weighted by molar-refractivity contribution is -0.384. The van der Waals surface area contributed by atoms with Gasteiger partial charge >= 0.3 is 5.97 Å². The van der Waals surface area contributed by atoms with Gasteiger partial charge in [-0.2, -0.15) is 0 Å². The number of aryl methyl sites for hydroxylation is 1. The first-order valence-corrected chi connectivity index (χ1v) is 14.5. The highest BCUT2D eigenvalue weighted by Gasteiger charge is 2.30. The molecule has 1 saturated heterocycles. The van der Waals surface area contributed by atoms with Gasteiger partial charge in [0, 0.05) is 30.1 Å². The number of nitrogens with one attached hydrogen (secondary N) is 1. The van der Waals surface area contributed by atoms with Crippen molar-refractivity contribution in [3.63, 3.8) is 0 Å². The molecule has 1 fully saturated rings. The Morgan fingerprint density at radius 2 is 1.85 bits per heavy atom. The highest BCUT2D eigenvalue weighted by molar-refractivity contribution is 7.17. The summed E-state index contributed by atoms with van der Waals surface area (Å²) >= 11 is 1.41. The highest BCUT2D eigenvalue weighted by Crippen LogP contribution is 2.39. The third kappa shape index (κ3) is 5.98. The number of piperidine rings is 1. The summed E-state index contributed by atoms with van der Waals surface area (Å²) in [4.78, 5) is 40.9. The number of amides is 1. The monoisotopic (exact) mass is 547 g/mol. The van der Waals surface area contributed by atoms with Crippen LogP contribution in [0, 0.1) is 16.0 Å². The third-order valence-corrected chi connectivity index (χ3v) is 8.84. The molecule has 0 unspecified atom stereocenters.